The number of aliphatic carboxylic acids is 1. The Morgan fingerprint density at radius 2 is 2.05 bits per heavy atom. The van der Waals surface area contributed by atoms with E-state index in [1.165, 1.54) is 4.90 Å². The highest BCUT2D eigenvalue weighted by molar-refractivity contribution is 5.88. The summed E-state index contributed by atoms with van der Waals surface area (Å²) in [4.78, 5) is 28.0. The molecule has 1 aromatic heterocycles. The zero-order valence-electron chi connectivity index (χ0n) is 12.5. The number of carbonyl (C=O) groups is 2. The van der Waals surface area contributed by atoms with E-state index >= 15 is 0 Å². The van der Waals surface area contributed by atoms with E-state index in [1.54, 1.807) is 20.3 Å². The number of rotatable bonds is 6. The highest BCUT2D eigenvalue weighted by atomic mass is 16.4. The molecule has 1 aromatic carbocycles. The van der Waals surface area contributed by atoms with E-state index in [-0.39, 0.29) is 6.42 Å². The van der Waals surface area contributed by atoms with Gasteiger partial charge in [-0.1, -0.05) is 18.2 Å². The molecule has 0 aliphatic heterocycles. The van der Waals surface area contributed by atoms with Crippen LogP contribution in [0.25, 0.3) is 10.9 Å². The topological polar surface area (TPSA) is 111 Å². The van der Waals surface area contributed by atoms with Crippen LogP contribution in [0.15, 0.2) is 30.5 Å². The van der Waals surface area contributed by atoms with Gasteiger partial charge in [0, 0.05) is 23.5 Å². The number of nitrogens with one attached hydrogen (secondary N) is 2. The lowest BCUT2D eigenvalue weighted by Crippen LogP contribution is -2.54. The van der Waals surface area contributed by atoms with Crippen LogP contribution in [0.3, 0.4) is 0 Å². The molecule has 0 aliphatic rings. The number of nitrogens with zero attached hydrogens (tertiary/aromatic N) is 1. The van der Waals surface area contributed by atoms with Gasteiger partial charge in [-0.15, -0.1) is 0 Å². The fourth-order valence-electron chi connectivity index (χ4n) is 2.21. The van der Waals surface area contributed by atoms with Crippen LogP contribution in [0, 0.1) is 0 Å². The number of benzene rings is 1. The number of hydrogen-bond acceptors (Lipinski definition) is 4. The maximum atomic E-state index is 11.9. The molecule has 7 nitrogen and oxygen atoms in total. The zero-order valence-corrected chi connectivity index (χ0v) is 12.5. The van der Waals surface area contributed by atoms with Gasteiger partial charge in [0.05, 0.1) is 0 Å². The van der Waals surface area contributed by atoms with Crippen LogP contribution in [0.1, 0.15) is 5.56 Å². The van der Waals surface area contributed by atoms with Crippen LogP contribution in [0.2, 0.25) is 0 Å². The fraction of sp³-hybridized carbons (Fsp3) is 0.333. The summed E-state index contributed by atoms with van der Waals surface area (Å²) in [5.74, 6) is -1.61. The molecule has 2 rings (SSSR count). The molecule has 0 saturated carbocycles. The summed E-state index contributed by atoms with van der Waals surface area (Å²) < 4.78 is 0. The number of nitrogens with two attached hydrogens (primary N) is 1. The Labute approximate surface area is 128 Å². The van der Waals surface area contributed by atoms with Crippen molar-refractivity contribution in [3.63, 3.8) is 0 Å². The minimum atomic E-state index is -1.09. The average molecular weight is 304 g/mol. The number of aromatic nitrogens is 1. The van der Waals surface area contributed by atoms with E-state index in [0.717, 1.165) is 16.5 Å². The predicted octanol–water partition coefficient (Wildman–Crippen LogP) is 0.126. The van der Waals surface area contributed by atoms with Gasteiger partial charge in [-0.05, 0) is 25.7 Å². The Bertz CT molecular complexity index is 680. The number of likely N-dealkylation sites (N-methyl/N-ethyl adjacent to an activating group) is 1. The number of carboxylic acid groups (broad SMARTS) is 1. The van der Waals surface area contributed by atoms with Gasteiger partial charge >= 0.3 is 5.97 Å². The molecule has 7 heteroatoms. The normalized spacial score (nSPS) is 14.0. The van der Waals surface area contributed by atoms with Crippen LogP contribution >= 0.6 is 0 Å². The Kier molecular flexibility index (Phi) is 4.79. The standard InChI is InChI=1S/C15H20N4O3/c1-19(2)13(16)14(20)18-12(15(21)22)7-9-8-17-11-6-4-3-5-10(9)11/h3-6,8,12-13,17H,7,16H2,1-2H3,(H,18,20)(H,21,22)/t12-,13+/m0/s1. The van der Waals surface area contributed by atoms with Crippen LogP contribution < -0.4 is 11.1 Å². The number of aromatic amines is 1. The third-order valence-electron chi connectivity index (χ3n) is 3.54. The molecule has 0 unspecified atom stereocenters. The largest absolute Gasteiger partial charge is 0.480 e. The van der Waals surface area contributed by atoms with Crippen molar-refractivity contribution in [1.82, 2.24) is 15.2 Å². The van der Waals surface area contributed by atoms with Crippen molar-refractivity contribution < 1.29 is 14.7 Å². The summed E-state index contributed by atoms with van der Waals surface area (Å²) >= 11 is 0. The number of amides is 1. The Hall–Kier alpha value is -2.38. The molecule has 0 radical (unpaired) electrons. The summed E-state index contributed by atoms with van der Waals surface area (Å²) in [6.45, 7) is 0. The van der Waals surface area contributed by atoms with Crippen LogP contribution in [-0.2, 0) is 16.0 Å². The van der Waals surface area contributed by atoms with Crippen molar-refractivity contribution in [2.75, 3.05) is 14.1 Å². The molecule has 1 amide bonds. The summed E-state index contributed by atoms with van der Waals surface area (Å²) in [5, 5.41) is 12.8. The molecule has 0 bridgehead atoms. The minimum Gasteiger partial charge on any atom is -0.480 e. The van der Waals surface area contributed by atoms with Gasteiger partial charge in [-0.25, -0.2) is 4.79 Å². The summed E-state index contributed by atoms with van der Waals surface area (Å²) in [6, 6.07) is 6.58. The lowest BCUT2D eigenvalue weighted by molar-refractivity contribution is -0.142. The van der Waals surface area contributed by atoms with Gasteiger partial charge in [0.25, 0.3) is 5.91 Å². The summed E-state index contributed by atoms with van der Waals surface area (Å²) in [5.41, 5.74) is 7.45. The van der Waals surface area contributed by atoms with E-state index in [0.29, 0.717) is 0 Å². The van der Waals surface area contributed by atoms with Gasteiger partial charge in [0.2, 0.25) is 0 Å². The van der Waals surface area contributed by atoms with Gasteiger partial charge in [0.1, 0.15) is 12.2 Å². The number of H-pyrrole nitrogens is 1. The second-order valence-electron chi connectivity index (χ2n) is 5.37. The monoisotopic (exact) mass is 304 g/mol. The molecule has 2 aromatic rings. The first-order valence-electron chi connectivity index (χ1n) is 6.90. The van der Waals surface area contributed by atoms with Crippen molar-refractivity contribution in [2.45, 2.75) is 18.6 Å². The first-order valence-corrected chi connectivity index (χ1v) is 6.90. The van der Waals surface area contributed by atoms with E-state index < -0.39 is 24.1 Å². The van der Waals surface area contributed by atoms with Crippen molar-refractivity contribution in [1.29, 1.82) is 0 Å². The Balaban J connectivity index is 2.16. The van der Waals surface area contributed by atoms with E-state index in [9.17, 15) is 14.7 Å². The molecule has 118 valence electrons. The molecule has 5 N–H and O–H groups in total. The number of carboxylic acids is 1. The van der Waals surface area contributed by atoms with Gasteiger partial charge in [-0.3, -0.25) is 9.69 Å². The minimum absolute atomic E-state index is 0.186. The lowest BCUT2D eigenvalue weighted by Gasteiger charge is -2.21. The maximum absolute atomic E-state index is 11.9. The lowest BCUT2D eigenvalue weighted by atomic mass is 10.0. The number of fused-ring (bicyclic) bond motifs is 1. The van der Waals surface area contributed by atoms with Crippen molar-refractivity contribution in [2.24, 2.45) is 5.73 Å². The van der Waals surface area contributed by atoms with Crippen molar-refractivity contribution in [3.8, 4) is 0 Å². The third kappa shape index (κ3) is 3.44. The summed E-state index contributed by atoms with van der Waals surface area (Å²) in [6.07, 6.45) is 1.06. The highest BCUT2D eigenvalue weighted by Crippen LogP contribution is 2.19. The molecule has 0 saturated heterocycles. The van der Waals surface area contributed by atoms with Crippen LogP contribution in [0.5, 0.6) is 0 Å². The van der Waals surface area contributed by atoms with Crippen molar-refractivity contribution >= 4 is 22.8 Å². The van der Waals surface area contributed by atoms with Crippen LogP contribution in [-0.4, -0.2) is 53.2 Å². The molecule has 0 spiro atoms. The first-order chi connectivity index (χ1) is 10.4. The van der Waals surface area contributed by atoms with E-state index in [4.69, 9.17) is 5.73 Å². The Morgan fingerprint density at radius 3 is 2.68 bits per heavy atom. The highest BCUT2D eigenvalue weighted by Gasteiger charge is 2.25. The molecular weight excluding hydrogens is 284 g/mol. The SMILES string of the molecule is CN(C)[C@@H](N)C(=O)N[C@@H](Cc1c[nH]c2ccccc12)C(=O)O. The zero-order chi connectivity index (χ0) is 16.3. The van der Waals surface area contributed by atoms with Crippen molar-refractivity contribution in [3.05, 3.63) is 36.0 Å². The maximum Gasteiger partial charge on any atom is 0.326 e. The van der Waals surface area contributed by atoms with Gasteiger partial charge in [-0.2, -0.15) is 0 Å². The van der Waals surface area contributed by atoms with Gasteiger partial charge in [0.15, 0.2) is 0 Å². The molecule has 0 aliphatic carbocycles. The fourth-order valence-corrected chi connectivity index (χ4v) is 2.21. The molecule has 22 heavy (non-hydrogen) atoms. The Morgan fingerprint density at radius 1 is 1.36 bits per heavy atom. The van der Waals surface area contributed by atoms with E-state index in [2.05, 4.69) is 10.3 Å². The number of hydrogen-bond donors (Lipinski definition) is 4. The van der Waals surface area contributed by atoms with E-state index in [1.807, 2.05) is 24.3 Å². The second kappa shape index (κ2) is 6.59. The van der Waals surface area contributed by atoms with Crippen LogP contribution in [0.4, 0.5) is 0 Å². The molecule has 2 atom stereocenters. The number of carbonyl (C=O) groups excluding carboxylic acids is 1. The average Bonchev–Trinajstić information content (AvgIpc) is 2.88. The molecule has 1 heterocycles. The summed E-state index contributed by atoms with van der Waals surface area (Å²) in [7, 11) is 3.30. The first kappa shape index (κ1) is 16.0. The number of para-hydroxylation sites is 1. The van der Waals surface area contributed by atoms with Gasteiger partial charge < -0.3 is 21.1 Å². The second-order valence-corrected chi connectivity index (χ2v) is 5.37. The molecule has 0 fully saturated rings. The quantitative estimate of drug-likeness (QED) is 0.567. The third-order valence-corrected chi connectivity index (χ3v) is 3.54. The smallest absolute Gasteiger partial charge is 0.326 e. The molecular formula is C15H20N4O3. The predicted molar refractivity (Wildman–Crippen MR) is 83.2 cm³/mol.